The molecule has 1 aromatic carbocycles. The Balaban J connectivity index is 1.63. The number of hydrogen-bond acceptors (Lipinski definition) is 5. The van der Waals surface area contributed by atoms with Crippen molar-refractivity contribution in [1.82, 2.24) is 14.5 Å². The summed E-state index contributed by atoms with van der Waals surface area (Å²) in [6, 6.07) is 9.93. The highest BCUT2D eigenvalue weighted by Gasteiger charge is 2.54. The lowest BCUT2D eigenvalue weighted by molar-refractivity contribution is -0.132. The van der Waals surface area contributed by atoms with Gasteiger partial charge >= 0.3 is 6.03 Å². The van der Waals surface area contributed by atoms with Crippen LogP contribution in [-0.2, 0) is 33.3 Å². The first-order valence-corrected chi connectivity index (χ1v) is 10.4. The maximum Gasteiger partial charge on any atom is 0.325 e. The zero-order valence-corrected chi connectivity index (χ0v) is 16.5. The van der Waals surface area contributed by atoms with Gasteiger partial charge in [-0.1, -0.05) is 24.3 Å². The van der Waals surface area contributed by atoms with E-state index < -0.39 is 21.6 Å². The van der Waals surface area contributed by atoms with Crippen LogP contribution >= 0.6 is 0 Å². The van der Waals surface area contributed by atoms with E-state index >= 15 is 0 Å². The van der Waals surface area contributed by atoms with Crippen molar-refractivity contribution >= 4 is 22.0 Å². The second-order valence-corrected chi connectivity index (χ2v) is 9.33. The molecule has 1 spiro atoms. The summed E-state index contributed by atoms with van der Waals surface area (Å²) in [4.78, 5) is 26.9. The Bertz CT molecular complexity index is 1060. The monoisotopic (exact) mass is 403 g/mol. The molecule has 2 heterocycles. The van der Waals surface area contributed by atoms with E-state index in [1.54, 1.807) is 0 Å². The largest absolute Gasteiger partial charge is 0.446 e. The highest BCUT2D eigenvalue weighted by Crippen LogP contribution is 2.40. The van der Waals surface area contributed by atoms with Gasteiger partial charge in [0.05, 0.1) is 6.54 Å². The van der Waals surface area contributed by atoms with Crippen LogP contribution in [0.3, 0.4) is 0 Å². The maximum atomic E-state index is 13.2. The summed E-state index contributed by atoms with van der Waals surface area (Å²) in [5.41, 5.74) is 0.830. The van der Waals surface area contributed by atoms with Gasteiger partial charge in [-0.2, -0.15) is 0 Å². The number of amides is 3. The number of rotatable bonds is 4. The van der Waals surface area contributed by atoms with Crippen molar-refractivity contribution in [2.45, 2.75) is 36.4 Å². The average Bonchev–Trinajstić information content (AvgIpc) is 3.22. The molecule has 1 atom stereocenters. The summed E-state index contributed by atoms with van der Waals surface area (Å²) in [6.45, 7) is -0.127. The number of imide groups is 1. The van der Waals surface area contributed by atoms with Crippen LogP contribution in [-0.4, -0.2) is 43.7 Å². The molecule has 1 fully saturated rings. The van der Waals surface area contributed by atoms with Crippen LogP contribution < -0.4 is 5.32 Å². The molecular weight excluding hydrogens is 382 g/mol. The van der Waals surface area contributed by atoms with Crippen LogP contribution in [0.25, 0.3) is 0 Å². The van der Waals surface area contributed by atoms with Crippen molar-refractivity contribution in [3.05, 3.63) is 53.3 Å². The van der Waals surface area contributed by atoms with Crippen molar-refractivity contribution in [3.63, 3.8) is 0 Å². The van der Waals surface area contributed by atoms with Gasteiger partial charge in [0, 0.05) is 14.1 Å². The molecule has 3 amide bonds. The fourth-order valence-corrected chi connectivity index (χ4v) is 4.68. The molecule has 0 bridgehead atoms. The number of fused-ring (bicyclic) bond motifs is 2. The topological polar surface area (TPSA) is 99.9 Å². The second kappa shape index (κ2) is 6.46. The molecule has 8 nitrogen and oxygen atoms in total. The van der Waals surface area contributed by atoms with Crippen LogP contribution in [0.1, 0.15) is 29.7 Å². The minimum absolute atomic E-state index is 0.127. The predicted molar refractivity (Wildman–Crippen MR) is 99.7 cm³/mol. The number of sulfonamides is 1. The summed E-state index contributed by atoms with van der Waals surface area (Å²) in [7, 11) is -0.917. The molecule has 9 heteroatoms. The van der Waals surface area contributed by atoms with E-state index in [4.69, 9.17) is 4.42 Å². The van der Waals surface area contributed by atoms with Gasteiger partial charge in [0.25, 0.3) is 15.9 Å². The summed E-state index contributed by atoms with van der Waals surface area (Å²) >= 11 is 0. The van der Waals surface area contributed by atoms with E-state index in [9.17, 15) is 18.0 Å². The van der Waals surface area contributed by atoms with E-state index in [1.807, 2.05) is 24.3 Å². The molecule has 1 saturated heterocycles. The first-order chi connectivity index (χ1) is 13.3. The summed E-state index contributed by atoms with van der Waals surface area (Å²) in [6.07, 6.45) is 2.19. The maximum absolute atomic E-state index is 13.2. The van der Waals surface area contributed by atoms with Crippen LogP contribution in [0.2, 0.25) is 0 Å². The molecule has 2 aliphatic rings. The lowest BCUT2D eigenvalue weighted by Gasteiger charge is -2.33. The third-order valence-electron chi connectivity index (χ3n) is 5.34. The van der Waals surface area contributed by atoms with E-state index in [0.717, 1.165) is 33.2 Å². The fraction of sp³-hybridized carbons (Fsp3) is 0.368. The number of urea groups is 1. The van der Waals surface area contributed by atoms with Gasteiger partial charge in [-0.3, -0.25) is 9.69 Å². The minimum Gasteiger partial charge on any atom is -0.446 e. The summed E-state index contributed by atoms with van der Waals surface area (Å²) in [5.74, 6) is -0.108. The lowest BCUT2D eigenvalue weighted by atomic mass is 9.76. The van der Waals surface area contributed by atoms with Crippen molar-refractivity contribution in [3.8, 4) is 0 Å². The third-order valence-corrected chi connectivity index (χ3v) is 7.03. The van der Waals surface area contributed by atoms with Crippen molar-refractivity contribution in [2.24, 2.45) is 0 Å². The van der Waals surface area contributed by atoms with Gasteiger partial charge in [-0.05, 0) is 42.5 Å². The Labute approximate surface area is 163 Å². The Kier molecular flexibility index (Phi) is 4.31. The van der Waals surface area contributed by atoms with E-state index in [0.29, 0.717) is 6.42 Å². The van der Waals surface area contributed by atoms with Crippen LogP contribution in [0.15, 0.2) is 45.9 Å². The van der Waals surface area contributed by atoms with Crippen molar-refractivity contribution in [2.75, 3.05) is 14.1 Å². The SMILES string of the molecule is CN(C)S(=O)(=O)c1ccc(CN2C(=O)NC3(CCCc4ccccc43)C2=O)o1. The summed E-state index contributed by atoms with van der Waals surface area (Å²) in [5, 5.41) is 2.65. The third kappa shape index (κ3) is 2.73. The number of furan rings is 1. The van der Waals surface area contributed by atoms with Gasteiger partial charge in [0.1, 0.15) is 11.3 Å². The zero-order chi connectivity index (χ0) is 20.1. The molecule has 1 unspecified atom stereocenters. The molecule has 1 aromatic heterocycles. The number of nitrogens with one attached hydrogen (secondary N) is 1. The smallest absolute Gasteiger partial charge is 0.325 e. The molecule has 148 valence electrons. The Morgan fingerprint density at radius 1 is 1.18 bits per heavy atom. The molecule has 1 N–H and O–H groups in total. The number of hydrogen-bond donors (Lipinski definition) is 1. The summed E-state index contributed by atoms with van der Waals surface area (Å²) < 4.78 is 30.8. The quantitative estimate of drug-likeness (QED) is 0.785. The van der Waals surface area contributed by atoms with Gasteiger partial charge in [-0.25, -0.2) is 17.5 Å². The highest BCUT2D eigenvalue weighted by molar-refractivity contribution is 7.88. The molecule has 0 saturated carbocycles. The molecule has 1 aliphatic carbocycles. The molecule has 1 aliphatic heterocycles. The highest BCUT2D eigenvalue weighted by atomic mass is 32.2. The number of carbonyl (C=O) groups is 2. The Hall–Kier alpha value is -2.65. The predicted octanol–water partition coefficient (Wildman–Crippen LogP) is 1.81. The van der Waals surface area contributed by atoms with Gasteiger partial charge < -0.3 is 9.73 Å². The van der Waals surface area contributed by atoms with E-state index in [-0.39, 0.29) is 23.3 Å². The lowest BCUT2D eigenvalue weighted by Crippen LogP contribution is -2.46. The van der Waals surface area contributed by atoms with Crippen LogP contribution in [0, 0.1) is 0 Å². The van der Waals surface area contributed by atoms with Crippen molar-refractivity contribution in [1.29, 1.82) is 0 Å². The van der Waals surface area contributed by atoms with Crippen LogP contribution in [0.5, 0.6) is 0 Å². The van der Waals surface area contributed by atoms with E-state index in [1.165, 1.54) is 26.2 Å². The molecule has 28 heavy (non-hydrogen) atoms. The number of carbonyl (C=O) groups excluding carboxylic acids is 2. The first-order valence-electron chi connectivity index (χ1n) is 8.99. The Morgan fingerprint density at radius 3 is 2.68 bits per heavy atom. The molecule has 0 radical (unpaired) electrons. The van der Waals surface area contributed by atoms with Gasteiger partial charge in [0.15, 0.2) is 0 Å². The van der Waals surface area contributed by atoms with Gasteiger partial charge in [-0.15, -0.1) is 0 Å². The number of benzene rings is 1. The zero-order valence-electron chi connectivity index (χ0n) is 15.6. The fourth-order valence-electron chi connectivity index (χ4n) is 3.87. The first kappa shape index (κ1) is 18.7. The Morgan fingerprint density at radius 2 is 1.93 bits per heavy atom. The molecule has 4 rings (SSSR count). The standard InChI is InChI=1S/C19H21N3O5S/c1-21(2)28(25,26)16-10-9-14(27-16)12-22-17(23)19(20-18(22)24)11-5-7-13-6-3-4-8-15(13)19/h3-4,6,8-10H,5,7,11-12H2,1-2H3,(H,20,24). The van der Waals surface area contributed by atoms with Crippen molar-refractivity contribution < 1.29 is 22.4 Å². The second-order valence-electron chi connectivity index (χ2n) is 7.25. The average molecular weight is 403 g/mol. The molecule has 2 aromatic rings. The minimum atomic E-state index is -3.72. The number of aryl methyl sites for hydroxylation is 1. The van der Waals surface area contributed by atoms with Gasteiger partial charge in [0.2, 0.25) is 5.09 Å². The normalized spacial score (nSPS) is 22.0. The van der Waals surface area contributed by atoms with E-state index in [2.05, 4.69) is 5.32 Å². The molecular formula is C19H21N3O5S. The number of nitrogens with zero attached hydrogens (tertiary/aromatic N) is 2. The van der Waals surface area contributed by atoms with Crippen LogP contribution in [0.4, 0.5) is 4.79 Å².